The van der Waals surface area contributed by atoms with Gasteiger partial charge < -0.3 is 15.2 Å². The van der Waals surface area contributed by atoms with Crippen molar-refractivity contribution in [2.45, 2.75) is 19.4 Å². The predicted molar refractivity (Wildman–Crippen MR) is 62.1 cm³/mol. The van der Waals surface area contributed by atoms with Crippen LogP contribution in [0.3, 0.4) is 0 Å². The molecule has 88 valence electrons. The highest BCUT2D eigenvalue weighted by atomic mass is 16.5. The van der Waals surface area contributed by atoms with Crippen molar-refractivity contribution in [1.29, 1.82) is 0 Å². The molecule has 2 N–H and O–H groups in total. The molecule has 0 bridgehead atoms. The minimum Gasteiger partial charge on any atom is -0.496 e. The van der Waals surface area contributed by atoms with Crippen LogP contribution < -0.4 is 15.2 Å². The van der Waals surface area contributed by atoms with Gasteiger partial charge in [0.05, 0.1) is 14.2 Å². The highest BCUT2D eigenvalue weighted by Crippen LogP contribution is 2.29. The molecule has 0 fully saturated rings. The molecule has 4 heteroatoms. The average molecular weight is 223 g/mol. The van der Waals surface area contributed by atoms with Crippen molar-refractivity contribution in [1.82, 2.24) is 0 Å². The quantitative estimate of drug-likeness (QED) is 0.770. The van der Waals surface area contributed by atoms with E-state index in [0.29, 0.717) is 17.1 Å². The number of carbonyl (C=O) groups is 1. The highest BCUT2D eigenvalue weighted by Gasteiger charge is 2.18. The minimum atomic E-state index is -0.179. The summed E-state index contributed by atoms with van der Waals surface area (Å²) in [5, 5.41) is 0. The molecule has 0 saturated carbocycles. The van der Waals surface area contributed by atoms with Crippen LogP contribution in [0.4, 0.5) is 0 Å². The van der Waals surface area contributed by atoms with Crippen molar-refractivity contribution in [2.75, 3.05) is 14.2 Å². The van der Waals surface area contributed by atoms with Gasteiger partial charge >= 0.3 is 0 Å². The number of methoxy groups -OCH3 is 2. The Morgan fingerprint density at radius 1 is 1.31 bits per heavy atom. The molecule has 0 spiro atoms. The molecule has 0 amide bonds. The van der Waals surface area contributed by atoms with Crippen molar-refractivity contribution in [3.63, 3.8) is 0 Å². The van der Waals surface area contributed by atoms with Crippen LogP contribution in [0.5, 0.6) is 11.5 Å². The Kier molecular flexibility index (Phi) is 4.31. The average Bonchev–Trinajstić information content (AvgIpc) is 2.26. The van der Waals surface area contributed by atoms with Crippen molar-refractivity contribution >= 4 is 5.78 Å². The molecular formula is C12H17NO3. The largest absolute Gasteiger partial charge is 0.496 e. The van der Waals surface area contributed by atoms with Gasteiger partial charge in [-0.25, -0.2) is 0 Å². The fraction of sp³-hybridized carbons (Fsp3) is 0.417. The Balaban J connectivity index is 3.12. The topological polar surface area (TPSA) is 61.5 Å². The smallest absolute Gasteiger partial charge is 0.171 e. The van der Waals surface area contributed by atoms with Crippen LogP contribution in [0.15, 0.2) is 18.2 Å². The molecular weight excluding hydrogens is 206 g/mol. The lowest BCUT2D eigenvalue weighted by Crippen LogP contribution is -2.20. The molecule has 0 aliphatic rings. The molecule has 0 radical (unpaired) electrons. The Labute approximate surface area is 95.3 Å². The predicted octanol–water partition coefficient (Wildman–Crippen LogP) is 1.62. The molecule has 0 saturated heterocycles. The SMILES string of the molecule is COc1cccc(OC)c1C(=O)CC(C)N. The first-order chi connectivity index (χ1) is 7.60. The van der Waals surface area contributed by atoms with Gasteiger partial charge in [0.1, 0.15) is 17.1 Å². The van der Waals surface area contributed by atoms with Gasteiger partial charge in [-0.1, -0.05) is 6.07 Å². The number of hydrogen-bond donors (Lipinski definition) is 1. The molecule has 0 aromatic heterocycles. The summed E-state index contributed by atoms with van der Waals surface area (Å²) in [5.41, 5.74) is 6.07. The molecule has 1 atom stereocenters. The van der Waals surface area contributed by atoms with E-state index in [9.17, 15) is 4.79 Å². The minimum absolute atomic E-state index is 0.0655. The zero-order valence-electron chi connectivity index (χ0n) is 9.82. The van der Waals surface area contributed by atoms with E-state index in [1.54, 1.807) is 25.1 Å². The molecule has 1 aromatic rings. The number of nitrogens with two attached hydrogens (primary N) is 1. The van der Waals surface area contributed by atoms with Crippen LogP contribution in [0.1, 0.15) is 23.7 Å². The maximum Gasteiger partial charge on any atom is 0.171 e. The number of ketones is 1. The summed E-state index contributed by atoms with van der Waals surface area (Å²) in [6, 6.07) is 5.07. The summed E-state index contributed by atoms with van der Waals surface area (Å²) in [7, 11) is 3.05. The van der Waals surface area contributed by atoms with Crippen LogP contribution in [0.2, 0.25) is 0 Å². The first-order valence-electron chi connectivity index (χ1n) is 5.10. The van der Waals surface area contributed by atoms with Crippen molar-refractivity contribution in [3.05, 3.63) is 23.8 Å². The zero-order valence-corrected chi connectivity index (χ0v) is 9.82. The van der Waals surface area contributed by atoms with Crippen LogP contribution in [0.25, 0.3) is 0 Å². The third-order valence-corrected chi connectivity index (χ3v) is 2.21. The lowest BCUT2D eigenvalue weighted by Gasteiger charge is -2.12. The fourth-order valence-corrected chi connectivity index (χ4v) is 1.52. The molecule has 4 nitrogen and oxygen atoms in total. The van der Waals surface area contributed by atoms with Crippen LogP contribution in [-0.2, 0) is 0 Å². The first kappa shape index (κ1) is 12.5. The van der Waals surface area contributed by atoms with Crippen LogP contribution in [0, 0.1) is 0 Å². The second-order valence-corrected chi connectivity index (χ2v) is 3.64. The Hall–Kier alpha value is -1.55. The molecule has 0 heterocycles. The highest BCUT2D eigenvalue weighted by molar-refractivity contribution is 6.01. The zero-order chi connectivity index (χ0) is 12.1. The fourth-order valence-electron chi connectivity index (χ4n) is 1.52. The van der Waals surface area contributed by atoms with E-state index in [-0.39, 0.29) is 18.2 Å². The van der Waals surface area contributed by atoms with E-state index in [2.05, 4.69) is 0 Å². The normalized spacial score (nSPS) is 12.0. The van der Waals surface area contributed by atoms with Gasteiger partial charge in [-0.2, -0.15) is 0 Å². The summed E-state index contributed by atoms with van der Waals surface area (Å²) in [6.07, 6.45) is 0.275. The van der Waals surface area contributed by atoms with Gasteiger partial charge in [-0.15, -0.1) is 0 Å². The Bertz CT molecular complexity index is 352. The van der Waals surface area contributed by atoms with Gasteiger partial charge in [0.2, 0.25) is 0 Å². The Morgan fingerprint density at radius 3 is 2.19 bits per heavy atom. The van der Waals surface area contributed by atoms with E-state index < -0.39 is 0 Å². The second kappa shape index (κ2) is 5.51. The Morgan fingerprint density at radius 2 is 1.81 bits per heavy atom. The second-order valence-electron chi connectivity index (χ2n) is 3.64. The lowest BCUT2D eigenvalue weighted by molar-refractivity contribution is 0.0970. The number of rotatable bonds is 5. The summed E-state index contributed by atoms with van der Waals surface area (Å²) in [6.45, 7) is 1.79. The molecule has 1 aromatic carbocycles. The van der Waals surface area contributed by atoms with E-state index in [1.807, 2.05) is 0 Å². The maximum absolute atomic E-state index is 12.0. The van der Waals surface area contributed by atoms with Gasteiger partial charge in [0, 0.05) is 12.5 Å². The van der Waals surface area contributed by atoms with Crippen LogP contribution in [-0.4, -0.2) is 26.0 Å². The van der Waals surface area contributed by atoms with Crippen LogP contribution >= 0.6 is 0 Å². The summed E-state index contributed by atoms with van der Waals surface area (Å²) >= 11 is 0. The van der Waals surface area contributed by atoms with Gasteiger partial charge in [-0.3, -0.25) is 4.79 Å². The van der Waals surface area contributed by atoms with Crippen molar-refractivity contribution in [3.8, 4) is 11.5 Å². The van der Waals surface area contributed by atoms with E-state index in [1.165, 1.54) is 14.2 Å². The third-order valence-electron chi connectivity index (χ3n) is 2.21. The molecule has 1 rings (SSSR count). The monoisotopic (exact) mass is 223 g/mol. The van der Waals surface area contributed by atoms with Gasteiger partial charge in [0.25, 0.3) is 0 Å². The number of carbonyl (C=O) groups excluding carboxylic acids is 1. The van der Waals surface area contributed by atoms with E-state index >= 15 is 0 Å². The van der Waals surface area contributed by atoms with Crippen molar-refractivity contribution < 1.29 is 14.3 Å². The number of benzene rings is 1. The number of Topliss-reactive ketones (excluding diaryl/α,β-unsaturated/α-hetero) is 1. The van der Waals surface area contributed by atoms with Crippen molar-refractivity contribution in [2.24, 2.45) is 5.73 Å². The number of ether oxygens (including phenoxy) is 2. The maximum atomic E-state index is 12.0. The third kappa shape index (κ3) is 2.73. The van der Waals surface area contributed by atoms with Gasteiger partial charge in [0.15, 0.2) is 5.78 Å². The van der Waals surface area contributed by atoms with Gasteiger partial charge in [-0.05, 0) is 19.1 Å². The summed E-state index contributed by atoms with van der Waals surface area (Å²) in [5.74, 6) is 0.972. The number of hydrogen-bond acceptors (Lipinski definition) is 4. The summed E-state index contributed by atoms with van der Waals surface area (Å²) < 4.78 is 10.3. The molecule has 1 unspecified atom stereocenters. The summed E-state index contributed by atoms with van der Waals surface area (Å²) in [4.78, 5) is 12.0. The molecule has 16 heavy (non-hydrogen) atoms. The lowest BCUT2D eigenvalue weighted by atomic mass is 10.0. The van der Waals surface area contributed by atoms with E-state index in [4.69, 9.17) is 15.2 Å². The first-order valence-corrected chi connectivity index (χ1v) is 5.10. The standard InChI is InChI=1S/C12H17NO3/c1-8(13)7-9(14)12-10(15-2)5-4-6-11(12)16-3/h4-6,8H,7,13H2,1-3H3. The van der Waals surface area contributed by atoms with E-state index in [0.717, 1.165) is 0 Å². The molecule has 0 aliphatic carbocycles. The molecule has 0 aliphatic heterocycles.